The van der Waals surface area contributed by atoms with Crippen molar-refractivity contribution in [3.8, 4) is 0 Å². The largest absolute Gasteiger partial charge is 0.480 e. The Labute approximate surface area is 106 Å². The van der Waals surface area contributed by atoms with Gasteiger partial charge in [-0.15, -0.1) is 0 Å². The number of carboxylic acid groups (broad SMARTS) is 1. The van der Waals surface area contributed by atoms with E-state index in [1.807, 2.05) is 26.0 Å². The molecular formula is C13H18N2O3. The normalized spacial score (nSPS) is 11.7. The first kappa shape index (κ1) is 14.0. The molecular weight excluding hydrogens is 232 g/mol. The third kappa shape index (κ3) is 4.45. The molecule has 1 rings (SSSR count). The van der Waals surface area contributed by atoms with Gasteiger partial charge >= 0.3 is 12.0 Å². The van der Waals surface area contributed by atoms with Crippen LogP contribution in [-0.2, 0) is 11.3 Å². The van der Waals surface area contributed by atoms with E-state index < -0.39 is 18.0 Å². The fourth-order valence-electron chi connectivity index (χ4n) is 1.66. The van der Waals surface area contributed by atoms with E-state index in [9.17, 15) is 9.59 Å². The van der Waals surface area contributed by atoms with Gasteiger partial charge in [-0.3, -0.25) is 4.79 Å². The average Bonchev–Trinajstić information content (AvgIpc) is 2.25. The Hall–Kier alpha value is -2.04. The van der Waals surface area contributed by atoms with E-state index in [0.29, 0.717) is 6.54 Å². The predicted octanol–water partition coefficient (Wildman–Crippen LogP) is 1.58. The van der Waals surface area contributed by atoms with Gasteiger partial charge < -0.3 is 15.7 Å². The predicted molar refractivity (Wildman–Crippen MR) is 68.4 cm³/mol. The molecule has 1 aromatic carbocycles. The zero-order chi connectivity index (χ0) is 13.7. The van der Waals surface area contributed by atoms with Crippen molar-refractivity contribution in [3.05, 3.63) is 34.9 Å². The standard InChI is InChI=1S/C13H18N2O3/c1-8-4-9(2)6-11(5-8)7-14-13(18)15-10(3)12(16)17/h4-6,10H,7H2,1-3H3,(H,16,17)(H2,14,15,18). The molecule has 0 radical (unpaired) electrons. The van der Waals surface area contributed by atoms with E-state index in [0.717, 1.165) is 16.7 Å². The molecule has 2 amide bonds. The zero-order valence-corrected chi connectivity index (χ0v) is 10.8. The Balaban J connectivity index is 2.50. The number of aryl methyl sites for hydroxylation is 2. The highest BCUT2D eigenvalue weighted by Gasteiger charge is 2.13. The molecule has 0 spiro atoms. The Morgan fingerprint density at radius 1 is 1.22 bits per heavy atom. The molecule has 0 aliphatic heterocycles. The average molecular weight is 250 g/mol. The minimum absolute atomic E-state index is 0.376. The molecule has 0 aliphatic rings. The summed E-state index contributed by atoms with van der Waals surface area (Å²) in [7, 11) is 0. The summed E-state index contributed by atoms with van der Waals surface area (Å²) < 4.78 is 0. The number of amides is 2. The van der Waals surface area contributed by atoms with Crippen molar-refractivity contribution in [2.24, 2.45) is 0 Å². The van der Waals surface area contributed by atoms with Crippen LogP contribution >= 0.6 is 0 Å². The second-order valence-corrected chi connectivity index (χ2v) is 4.38. The van der Waals surface area contributed by atoms with Crippen LogP contribution < -0.4 is 10.6 Å². The third-order valence-corrected chi connectivity index (χ3v) is 2.45. The fourth-order valence-corrected chi connectivity index (χ4v) is 1.66. The number of urea groups is 1. The lowest BCUT2D eigenvalue weighted by atomic mass is 10.1. The van der Waals surface area contributed by atoms with Crippen LogP contribution in [0.1, 0.15) is 23.6 Å². The van der Waals surface area contributed by atoms with Crippen molar-refractivity contribution in [2.45, 2.75) is 33.4 Å². The second kappa shape index (κ2) is 6.05. The van der Waals surface area contributed by atoms with Gasteiger partial charge in [0.25, 0.3) is 0 Å². The second-order valence-electron chi connectivity index (χ2n) is 4.38. The number of benzene rings is 1. The molecule has 98 valence electrons. The van der Waals surface area contributed by atoms with Gasteiger partial charge in [0.2, 0.25) is 0 Å². The summed E-state index contributed by atoms with van der Waals surface area (Å²) in [6, 6.07) is 4.63. The smallest absolute Gasteiger partial charge is 0.325 e. The SMILES string of the molecule is Cc1cc(C)cc(CNC(=O)NC(C)C(=O)O)c1. The lowest BCUT2D eigenvalue weighted by Crippen LogP contribution is -2.44. The Kier molecular flexibility index (Phi) is 4.71. The summed E-state index contributed by atoms with van der Waals surface area (Å²) >= 11 is 0. The van der Waals surface area contributed by atoms with E-state index in [-0.39, 0.29) is 0 Å². The maximum Gasteiger partial charge on any atom is 0.325 e. The molecule has 1 atom stereocenters. The summed E-state index contributed by atoms with van der Waals surface area (Å²) in [4.78, 5) is 22.0. The molecule has 3 N–H and O–H groups in total. The Morgan fingerprint density at radius 3 is 2.28 bits per heavy atom. The highest BCUT2D eigenvalue weighted by atomic mass is 16.4. The lowest BCUT2D eigenvalue weighted by molar-refractivity contribution is -0.138. The molecule has 1 aromatic rings. The molecule has 5 nitrogen and oxygen atoms in total. The molecule has 0 fully saturated rings. The van der Waals surface area contributed by atoms with Gasteiger partial charge in [0.15, 0.2) is 0 Å². The van der Waals surface area contributed by atoms with Crippen molar-refractivity contribution < 1.29 is 14.7 Å². The number of aliphatic carboxylic acids is 1. The van der Waals surface area contributed by atoms with E-state index in [2.05, 4.69) is 16.7 Å². The maximum atomic E-state index is 11.4. The lowest BCUT2D eigenvalue weighted by Gasteiger charge is -2.11. The van der Waals surface area contributed by atoms with Crippen molar-refractivity contribution in [1.29, 1.82) is 0 Å². The van der Waals surface area contributed by atoms with Crippen molar-refractivity contribution in [2.75, 3.05) is 0 Å². The van der Waals surface area contributed by atoms with Crippen LogP contribution in [0.4, 0.5) is 4.79 Å². The van der Waals surface area contributed by atoms with E-state index in [1.54, 1.807) is 0 Å². The Morgan fingerprint density at radius 2 is 1.78 bits per heavy atom. The van der Waals surface area contributed by atoms with Crippen molar-refractivity contribution in [3.63, 3.8) is 0 Å². The van der Waals surface area contributed by atoms with E-state index in [4.69, 9.17) is 5.11 Å². The molecule has 0 aliphatic carbocycles. The summed E-state index contributed by atoms with van der Waals surface area (Å²) in [5, 5.41) is 13.6. The van der Waals surface area contributed by atoms with Crippen LogP contribution in [0.2, 0.25) is 0 Å². The van der Waals surface area contributed by atoms with Gasteiger partial charge in [-0.2, -0.15) is 0 Å². The van der Waals surface area contributed by atoms with Gasteiger partial charge in [-0.1, -0.05) is 29.3 Å². The van der Waals surface area contributed by atoms with Crippen LogP contribution in [0.25, 0.3) is 0 Å². The van der Waals surface area contributed by atoms with Gasteiger partial charge in [0, 0.05) is 6.54 Å². The first-order valence-corrected chi connectivity index (χ1v) is 5.73. The number of carboxylic acids is 1. The number of nitrogens with one attached hydrogen (secondary N) is 2. The minimum atomic E-state index is -1.06. The molecule has 18 heavy (non-hydrogen) atoms. The van der Waals surface area contributed by atoms with Crippen molar-refractivity contribution in [1.82, 2.24) is 10.6 Å². The summed E-state index contributed by atoms with van der Waals surface area (Å²) in [5.41, 5.74) is 3.25. The summed E-state index contributed by atoms with van der Waals surface area (Å²) in [6.45, 7) is 5.77. The van der Waals surface area contributed by atoms with Gasteiger partial charge in [0.1, 0.15) is 6.04 Å². The van der Waals surface area contributed by atoms with Crippen LogP contribution in [0.15, 0.2) is 18.2 Å². The molecule has 0 aromatic heterocycles. The van der Waals surface area contributed by atoms with Gasteiger partial charge in [0.05, 0.1) is 0 Å². The number of carbonyl (C=O) groups excluding carboxylic acids is 1. The Bertz CT molecular complexity index is 437. The van der Waals surface area contributed by atoms with Crippen LogP contribution in [-0.4, -0.2) is 23.1 Å². The zero-order valence-electron chi connectivity index (χ0n) is 10.8. The maximum absolute atomic E-state index is 11.4. The number of hydrogen-bond acceptors (Lipinski definition) is 2. The summed E-state index contributed by atoms with van der Waals surface area (Å²) in [5.74, 6) is -1.06. The number of rotatable bonds is 4. The molecule has 5 heteroatoms. The first-order valence-electron chi connectivity index (χ1n) is 5.73. The van der Waals surface area contributed by atoms with Crippen LogP contribution in [0.3, 0.4) is 0 Å². The quantitative estimate of drug-likeness (QED) is 0.759. The molecule has 0 heterocycles. The monoisotopic (exact) mass is 250 g/mol. The van der Waals surface area contributed by atoms with Crippen LogP contribution in [0.5, 0.6) is 0 Å². The van der Waals surface area contributed by atoms with Crippen LogP contribution in [0, 0.1) is 13.8 Å². The van der Waals surface area contributed by atoms with Gasteiger partial charge in [-0.25, -0.2) is 4.79 Å². The highest BCUT2D eigenvalue weighted by Crippen LogP contribution is 2.08. The summed E-state index contributed by atoms with van der Waals surface area (Å²) in [6.07, 6.45) is 0. The topological polar surface area (TPSA) is 78.4 Å². The minimum Gasteiger partial charge on any atom is -0.480 e. The van der Waals surface area contributed by atoms with Crippen molar-refractivity contribution >= 4 is 12.0 Å². The van der Waals surface area contributed by atoms with Gasteiger partial charge in [-0.05, 0) is 26.3 Å². The van der Waals surface area contributed by atoms with E-state index >= 15 is 0 Å². The molecule has 0 saturated carbocycles. The van der Waals surface area contributed by atoms with E-state index in [1.165, 1.54) is 6.92 Å². The number of carbonyl (C=O) groups is 2. The molecule has 0 saturated heterocycles. The number of hydrogen-bond donors (Lipinski definition) is 3. The molecule has 1 unspecified atom stereocenters. The highest BCUT2D eigenvalue weighted by molar-refractivity contribution is 5.82. The first-order chi connectivity index (χ1) is 8.38. The fraction of sp³-hybridized carbons (Fsp3) is 0.385. The third-order valence-electron chi connectivity index (χ3n) is 2.45. The molecule has 0 bridgehead atoms.